The zero-order valence-corrected chi connectivity index (χ0v) is 22.3. The van der Waals surface area contributed by atoms with E-state index in [2.05, 4.69) is 28.2 Å². The number of nitrogens with zero attached hydrogens (tertiary/aromatic N) is 4. The number of phenols is 1. The van der Waals surface area contributed by atoms with Gasteiger partial charge in [0.05, 0.1) is 5.52 Å². The third kappa shape index (κ3) is 4.32. The van der Waals surface area contributed by atoms with E-state index in [1.807, 2.05) is 30.3 Å². The van der Waals surface area contributed by atoms with Gasteiger partial charge in [-0.3, -0.25) is 0 Å². The first-order valence-electron chi connectivity index (χ1n) is 13.6. The lowest BCUT2D eigenvalue weighted by molar-refractivity contribution is 0.188. The number of anilines is 1. The fourth-order valence-corrected chi connectivity index (χ4v) is 6.74. The van der Waals surface area contributed by atoms with Crippen LogP contribution in [0.4, 0.5) is 5.82 Å². The van der Waals surface area contributed by atoms with E-state index in [9.17, 15) is 5.11 Å². The van der Waals surface area contributed by atoms with Gasteiger partial charge in [-0.2, -0.15) is 9.97 Å². The van der Waals surface area contributed by atoms with Crippen molar-refractivity contribution in [3.63, 3.8) is 0 Å². The first-order valence-corrected chi connectivity index (χ1v) is 14.0. The number of halogens is 1. The monoisotopic (exact) mass is 529 g/mol. The summed E-state index contributed by atoms with van der Waals surface area (Å²) >= 11 is 6.97. The Morgan fingerprint density at radius 1 is 1.00 bits per heavy atom. The zero-order valence-electron chi connectivity index (χ0n) is 21.5. The summed E-state index contributed by atoms with van der Waals surface area (Å²) in [7, 11) is 2.15. The van der Waals surface area contributed by atoms with Crippen LogP contribution in [0.2, 0.25) is 5.02 Å². The third-order valence-electron chi connectivity index (χ3n) is 8.47. The summed E-state index contributed by atoms with van der Waals surface area (Å²) in [4.78, 5) is 14.6. The van der Waals surface area contributed by atoms with E-state index < -0.39 is 0 Å². The average Bonchev–Trinajstić information content (AvgIpc) is 3.49. The number of nitrogens with one attached hydrogen (secondary N) is 1. The molecule has 196 valence electrons. The van der Waals surface area contributed by atoms with E-state index in [0.717, 1.165) is 64.7 Å². The van der Waals surface area contributed by atoms with Gasteiger partial charge in [-0.25, -0.2) is 0 Å². The number of likely N-dealkylation sites (N-methyl/N-ethyl adjacent to an activating group) is 1. The van der Waals surface area contributed by atoms with Crippen LogP contribution in [0.3, 0.4) is 0 Å². The largest absolute Gasteiger partial charge is 0.508 e. The molecule has 7 rings (SSSR count). The fourth-order valence-electron chi connectivity index (χ4n) is 6.47. The van der Waals surface area contributed by atoms with Crippen LogP contribution in [-0.2, 0) is 0 Å². The Bertz CT molecular complexity index is 1520. The molecule has 3 saturated heterocycles. The van der Waals surface area contributed by atoms with Crippen LogP contribution in [0.15, 0.2) is 48.5 Å². The van der Waals surface area contributed by atoms with E-state index in [-0.39, 0.29) is 5.75 Å². The molecule has 2 bridgehead atoms. The van der Waals surface area contributed by atoms with Crippen LogP contribution in [-0.4, -0.2) is 71.4 Å². The van der Waals surface area contributed by atoms with Crippen molar-refractivity contribution in [3.05, 3.63) is 53.6 Å². The van der Waals surface area contributed by atoms with Crippen molar-refractivity contribution in [1.29, 1.82) is 0 Å². The number of fused-ring (bicyclic) bond motifs is 4. The van der Waals surface area contributed by atoms with Gasteiger partial charge in [0.15, 0.2) is 0 Å². The highest BCUT2D eigenvalue weighted by atomic mass is 35.5. The summed E-state index contributed by atoms with van der Waals surface area (Å²) in [6.07, 6.45) is 4.70. The number of aromatic nitrogens is 2. The van der Waals surface area contributed by atoms with Crippen LogP contribution in [0.25, 0.3) is 32.8 Å². The van der Waals surface area contributed by atoms with Gasteiger partial charge < -0.3 is 25.0 Å². The predicted molar refractivity (Wildman–Crippen MR) is 152 cm³/mol. The van der Waals surface area contributed by atoms with Crippen LogP contribution < -0.4 is 15.0 Å². The Balaban J connectivity index is 1.35. The molecule has 0 spiro atoms. The van der Waals surface area contributed by atoms with Gasteiger partial charge in [-0.05, 0) is 79.9 Å². The van der Waals surface area contributed by atoms with Gasteiger partial charge in [-0.15, -0.1) is 0 Å². The number of likely N-dealkylation sites (tertiary alicyclic amines) is 1. The number of ether oxygens (including phenoxy) is 1. The van der Waals surface area contributed by atoms with Gasteiger partial charge in [-0.1, -0.05) is 35.9 Å². The molecule has 3 aromatic carbocycles. The highest BCUT2D eigenvalue weighted by Crippen LogP contribution is 2.40. The molecule has 4 aromatic rings. The van der Waals surface area contributed by atoms with Crippen molar-refractivity contribution in [2.24, 2.45) is 0 Å². The van der Waals surface area contributed by atoms with Gasteiger partial charge in [0, 0.05) is 47.2 Å². The van der Waals surface area contributed by atoms with Crippen molar-refractivity contribution < 1.29 is 9.84 Å². The Labute approximate surface area is 227 Å². The maximum atomic E-state index is 10.5. The maximum absolute atomic E-state index is 10.5. The van der Waals surface area contributed by atoms with E-state index in [4.69, 9.17) is 26.3 Å². The molecule has 2 N–H and O–H groups in total. The fraction of sp³-hybridized carbons (Fsp3) is 0.400. The molecule has 0 unspecified atom stereocenters. The standard InChI is InChI=1S/C30H32ClN5O2/c1-35-10-4-6-21(35)17-38-30-33-28-14-25(24-12-22(37)11-18-5-2-3-7-23(18)24)27(31)13-26(28)29(34-30)36-15-19-8-9-20(16-36)32-19/h2-3,5,7,11-14,19-21,32,37H,4,6,8-10,15-17H2,1H3/t19-,20+,21-/m0/s1. The second-order valence-electron chi connectivity index (χ2n) is 11.0. The minimum atomic E-state index is 0.208. The van der Waals surface area contributed by atoms with Gasteiger partial charge in [0.25, 0.3) is 0 Å². The summed E-state index contributed by atoms with van der Waals surface area (Å²) in [6.45, 7) is 3.49. The molecular formula is C30H32ClN5O2. The molecule has 0 amide bonds. The number of hydrogen-bond acceptors (Lipinski definition) is 7. The number of hydrogen-bond donors (Lipinski definition) is 2. The molecule has 1 aromatic heterocycles. The Morgan fingerprint density at radius 3 is 2.61 bits per heavy atom. The second-order valence-corrected chi connectivity index (χ2v) is 11.4. The van der Waals surface area contributed by atoms with Crippen LogP contribution in [0.1, 0.15) is 25.7 Å². The van der Waals surface area contributed by atoms with Crippen molar-refractivity contribution in [2.45, 2.75) is 43.8 Å². The normalized spacial score (nSPS) is 23.5. The smallest absolute Gasteiger partial charge is 0.319 e. The summed E-state index contributed by atoms with van der Waals surface area (Å²) in [5.41, 5.74) is 2.50. The average molecular weight is 530 g/mol. The number of phenolic OH excluding ortho intramolecular Hbond substituents is 1. The lowest BCUT2D eigenvalue weighted by Gasteiger charge is -2.34. The molecular weight excluding hydrogens is 498 g/mol. The molecule has 0 radical (unpaired) electrons. The third-order valence-corrected chi connectivity index (χ3v) is 8.79. The molecule has 3 aliphatic heterocycles. The summed E-state index contributed by atoms with van der Waals surface area (Å²) < 4.78 is 6.26. The lowest BCUT2D eigenvalue weighted by Crippen LogP contribution is -2.51. The Hall–Kier alpha value is -3.13. The Morgan fingerprint density at radius 2 is 1.82 bits per heavy atom. The van der Waals surface area contributed by atoms with Gasteiger partial charge in [0.1, 0.15) is 18.2 Å². The number of benzene rings is 3. The van der Waals surface area contributed by atoms with Crippen molar-refractivity contribution >= 4 is 39.1 Å². The molecule has 3 atom stereocenters. The van der Waals surface area contributed by atoms with Gasteiger partial charge >= 0.3 is 6.01 Å². The topological polar surface area (TPSA) is 73.8 Å². The maximum Gasteiger partial charge on any atom is 0.319 e. The molecule has 0 saturated carbocycles. The predicted octanol–water partition coefficient (Wildman–Crippen LogP) is 5.22. The number of piperazine rings is 1. The lowest BCUT2D eigenvalue weighted by atomic mass is 9.96. The first kappa shape index (κ1) is 23.9. The molecule has 7 nitrogen and oxygen atoms in total. The summed E-state index contributed by atoms with van der Waals surface area (Å²) in [6, 6.07) is 17.3. The summed E-state index contributed by atoms with van der Waals surface area (Å²) in [5, 5.41) is 17.7. The highest BCUT2D eigenvalue weighted by Gasteiger charge is 2.34. The Kier molecular flexibility index (Phi) is 6.02. The summed E-state index contributed by atoms with van der Waals surface area (Å²) in [5.74, 6) is 1.09. The van der Waals surface area contributed by atoms with E-state index >= 15 is 0 Å². The van der Waals surface area contributed by atoms with E-state index in [1.54, 1.807) is 12.1 Å². The van der Waals surface area contributed by atoms with E-state index in [1.165, 1.54) is 19.3 Å². The van der Waals surface area contributed by atoms with Crippen molar-refractivity contribution in [1.82, 2.24) is 20.2 Å². The molecule has 38 heavy (non-hydrogen) atoms. The number of aromatic hydroxyl groups is 1. The number of rotatable bonds is 5. The van der Waals surface area contributed by atoms with Crippen molar-refractivity contribution in [3.8, 4) is 22.9 Å². The van der Waals surface area contributed by atoms with Crippen LogP contribution in [0.5, 0.6) is 11.8 Å². The molecule has 0 aliphatic carbocycles. The van der Waals surface area contributed by atoms with Gasteiger partial charge in [0.2, 0.25) is 0 Å². The van der Waals surface area contributed by atoms with Crippen LogP contribution in [0, 0.1) is 0 Å². The minimum absolute atomic E-state index is 0.208. The minimum Gasteiger partial charge on any atom is -0.508 e. The van der Waals surface area contributed by atoms with Crippen LogP contribution >= 0.6 is 11.6 Å². The molecule has 3 aliphatic rings. The SMILES string of the molecule is CN1CCC[C@H]1COc1nc(N2C[C@H]3CC[C@@H](C2)N3)c2cc(Cl)c(-c3cc(O)cc4ccccc34)cc2n1. The van der Waals surface area contributed by atoms with E-state index in [0.29, 0.717) is 35.8 Å². The second kappa shape index (κ2) is 9.56. The molecule has 4 heterocycles. The first-order chi connectivity index (χ1) is 18.5. The van der Waals surface area contributed by atoms with Crippen molar-refractivity contribution in [2.75, 3.05) is 38.2 Å². The molecule has 3 fully saturated rings. The molecule has 8 heteroatoms. The quantitative estimate of drug-likeness (QED) is 0.367. The zero-order chi connectivity index (χ0) is 25.8. The highest BCUT2D eigenvalue weighted by molar-refractivity contribution is 6.35.